The molecule has 1 aromatic heterocycles. The highest BCUT2D eigenvalue weighted by atomic mass is 32.1. The second-order valence-electron chi connectivity index (χ2n) is 5.74. The summed E-state index contributed by atoms with van der Waals surface area (Å²) in [5.74, 6) is 0.112. The summed E-state index contributed by atoms with van der Waals surface area (Å²) in [6, 6.07) is 17.3. The summed E-state index contributed by atoms with van der Waals surface area (Å²) < 4.78 is 5.01. The van der Waals surface area contributed by atoms with E-state index in [2.05, 4.69) is 11.1 Å². The van der Waals surface area contributed by atoms with Gasteiger partial charge in [0.15, 0.2) is 0 Å². The Morgan fingerprint density at radius 2 is 1.85 bits per heavy atom. The van der Waals surface area contributed by atoms with E-state index in [9.17, 15) is 10.1 Å². The van der Waals surface area contributed by atoms with E-state index in [0.717, 1.165) is 16.8 Å². The van der Waals surface area contributed by atoms with Crippen LogP contribution in [0.3, 0.4) is 0 Å². The van der Waals surface area contributed by atoms with Crippen LogP contribution in [0.25, 0.3) is 22.9 Å². The zero-order valence-corrected chi connectivity index (χ0v) is 15.2. The van der Waals surface area contributed by atoms with Crippen molar-refractivity contribution in [2.24, 2.45) is 0 Å². The fourth-order valence-electron chi connectivity index (χ4n) is 2.36. The van der Waals surface area contributed by atoms with Gasteiger partial charge in [0, 0.05) is 17.9 Å². The lowest BCUT2D eigenvalue weighted by molar-refractivity contribution is -0.131. The molecule has 3 rings (SSSR count). The third kappa shape index (κ3) is 4.24. The number of esters is 1. The average Bonchev–Trinajstić information content (AvgIpc) is 3.11. The molecule has 0 aliphatic heterocycles. The Hall–Kier alpha value is -3.23. The highest BCUT2D eigenvalue weighted by Crippen LogP contribution is 2.27. The Balaban J connectivity index is 1.85. The van der Waals surface area contributed by atoms with Gasteiger partial charge in [0.05, 0.1) is 11.3 Å². The molecule has 0 spiro atoms. The molecule has 4 nitrogen and oxygen atoms in total. The van der Waals surface area contributed by atoms with E-state index in [4.69, 9.17) is 4.74 Å². The molecule has 0 fully saturated rings. The summed E-state index contributed by atoms with van der Waals surface area (Å²) in [6.07, 6.45) is 1.77. The number of carbonyl (C=O) groups excluding carboxylic acids is 1. The summed E-state index contributed by atoms with van der Waals surface area (Å²) in [4.78, 5) is 15.6. The van der Waals surface area contributed by atoms with Crippen LogP contribution >= 0.6 is 11.3 Å². The van der Waals surface area contributed by atoms with Gasteiger partial charge in [0.1, 0.15) is 16.8 Å². The van der Waals surface area contributed by atoms with Gasteiger partial charge in [-0.2, -0.15) is 5.26 Å². The molecule has 0 radical (unpaired) electrons. The number of aromatic nitrogens is 1. The van der Waals surface area contributed by atoms with Crippen molar-refractivity contribution in [3.8, 4) is 23.1 Å². The second-order valence-corrected chi connectivity index (χ2v) is 6.59. The Kier molecular flexibility index (Phi) is 5.26. The summed E-state index contributed by atoms with van der Waals surface area (Å²) in [5, 5.41) is 12.1. The predicted molar refractivity (Wildman–Crippen MR) is 104 cm³/mol. The lowest BCUT2D eigenvalue weighted by Gasteiger charge is -2.01. The molecule has 0 bridgehead atoms. The summed E-state index contributed by atoms with van der Waals surface area (Å²) in [5.41, 5.74) is 4.41. The van der Waals surface area contributed by atoms with E-state index < -0.39 is 0 Å². The predicted octanol–water partition coefficient (Wildman–Crippen LogP) is 5.11. The van der Waals surface area contributed by atoms with E-state index in [1.807, 2.05) is 36.6 Å². The van der Waals surface area contributed by atoms with Crippen LogP contribution in [0.2, 0.25) is 0 Å². The maximum Gasteiger partial charge on any atom is 0.308 e. The van der Waals surface area contributed by atoms with Crippen LogP contribution in [-0.2, 0) is 4.79 Å². The van der Waals surface area contributed by atoms with Gasteiger partial charge in [-0.25, -0.2) is 4.98 Å². The first kappa shape index (κ1) is 17.6. The standard InChI is InChI=1S/C21H16N2O2S/c1-14-3-7-17(8-4-14)20-13-26-21(23-20)18(12-22)11-16-5-9-19(10-6-16)25-15(2)24/h3-11,13H,1-2H3/b18-11+. The Labute approximate surface area is 156 Å². The van der Waals surface area contributed by atoms with Gasteiger partial charge in [0.2, 0.25) is 0 Å². The SMILES string of the molecule is CC(=O)Oc1ccc(/C=C(\C#N)c2nc(-c3ccc(C)cc3)cs2)cc1. The molecular formula is C21H16N2O2S. The largest absolute Gasteiger partial charge is 0.427 e. The molecule has 0 aliphatic rings. The van der Waals surface area contributed by atoms with E-state index in [0.29, 0.717) is 16.3 Å². The van der Waals surface area contributed by atoms with E-state index in [1.54, 1.807) is 30.3 Å². The van der Waals surface area contributed by atoms with Crippen LogP contribution in [0.4, 0.5) is 0 Å². The normalized spacial score (nSPS) is 11.0. The van der Waals surface area contributed by atoms with Crippen LogP contribution < -0.4 is 4.74 Å². The zero-order valence-electron chi connectivity index (χ0n) is 14.4. The molecule has 5 heteroatoms. The van der Waals surface area contributed by atoms with E-state index >= 15 is 0 Å². The molecule has 0 unspecified atom stereocenters. The molecule has 0 amide bonds. The first-order chi connectivity index (χ1) is 12.5. The molecule has 0 atom stereocenters. The number of thiazole rings is 1. The van der Waals surface area contributed by atoms with Gasteiger partial charge in [0.25, 0.3) is 0 Å². The molecule has 1 heterocycles. The molecule has 2 aromatic carbocycles. The minimum atomic E-state index is -0.363. The highest BCUT2D eigenvalue weighted by Gasteiger charge is 2.09. The maximum absolute atomic E-state index is 11.0. The quantitative estimate of drug-likeness (QED) is 0.368. The smallest absolute Gasteiger partial charge is 0.308 e. The van der Waals surface area contributed by atoms with Crippen molar-refractivity contribution in [2.45, 2.75) is 13.8 Å². The minimum Gasteiger partial charge on any atom is -0.427 e. The van der Waals surface area contributed by atoms with Crippen molar-refractivity contribution in [3.05, 3.63) is 70.0 Å². The lowest BCUT2D eigenvalue weighted by atomic mass is 10.1. The second kappa shape index (κ2) is 7.77. The number of aryl methyl sites for hydroxylation is 1. The monoisotopic (exact) mass is 360 g/mol. The first-order valence-electron chi connectivity index (χ1n) is 7.98. The molecule has 0 aliphatic carbocycles. The summed E-state index contributed by atoms with van der Waals surface area (Å²) in [7, 11) is 0. The molecule has 0 N–H and O–H groups in total. The molecule has 128 valence electrons. The van der Waals surface area contributed by atoms with Crippen LogP contribution in [0.5, 0.6) is 5.75 Å². The summed E-state index contributed by atoms with van der Waals surface area (Å²) >= 11 is 1.44. The van der Waals surface area contributed by atoms with Crippen LogP contribution in [-0.4, -0.2) is 11.0 Å². The van der Waals surface area contributed by atoms with Gasteiger partial charge < -0.3 is 4.74 Å². The highest BCUT2D eigenvalue weighted by molar-refractivity contribution is 7.11. The molecule has 0 saturated heterocycles. The van der Waals surface area contributed by atoms with Crippen molar-refractivity contribution in [1.29, 1.82) is 5.26 Å². The van der Waals surface area contributed by atoms with Crippen LogP contribution in [0, 0.1) is 18.3 Å². The molecule has 3 aromatic rings. The third-order valence-corrected chi connectivity index (χ3v) is 4.53. The van der Waals surface area contributed by atoms with Crippen molar-refractivity contribution < 1.29 is 9.53 Å². The van der Waals surface area contributed by atoms with Crippen molar-refractivity contribution in [1.82, 2.24) is 4.98 Å². The molecule has 0 saturated carbocycles. The van der Waals surface area contributed by atoms with Crippen molar-refractivity contribution in [2.75, 3.05) is 0 Å². The average molecular weight is 360 g/mol. The minimum absolute atomic E-state index is 0.363. The Morgan fingerprint density at radius 3 is 2.46 bits per heavy atom. The van der Waals surface area contributed by atoms with Crippen molar-refractivity contribution in [3.63, 3.8) is 0 Å². The van der Waals surface area contributed by atoms with Gasteiger partial charge in [-0.15, -0.1) is 11.3 Å². The number of hydrogen-bond donors (Lipinski definition) is 0. The third-order valence-electron chi connectivity index (χ3n) is 3.66. The first-order valence-corrected chi connectivity index (χ1v) is 8.86. The van der Waals surface area contributed by atoms with Gasteiger partial charge >= 0.3 is 5.97 Å². The topological polar surface area (TPSA) is 63.0 Å². The van der Waals surface area contributed by atoms with Crippen LogP contribution in [0.15, 0.2) is 53.9 Å². The fourth-order valence-corrected chi connectivity index (χ4v) is 3.16. The number of allylic oxidation sites excluding steroid dienone is 1. The molecular weight excluding hydrogens is 344 g/mol. The number of nitriles is 1. The van der Waals surface area contributed by atoms with E-state index in [1.165, 1.54) is 23.8 Å². The fraction of sp³-hybridized carbons (Fsp3) is 0.0952. The van der Waals surface area contributed by atoms with Crippen molar-refractivity contribution >= 4 is 29.0 Å². The van der Waals surface area contributed by atoms with Gasteiger partial charge in [-0.05, 0) is 30.7 Å². The Bertz CT molecular complexity index is 994. The number of hydrogen-bond acceptors (Lipinski definition) is 5. The number of carbonyl (C=O) groups is 1. The van der Waals surface area contributed by atoms with Gasteiger partial charge in [-0.3, -0.25) is 4.79 Å². The lowest BCUT2D eigenvalue weighted by Crippen LogP contribution is -2.00. The maximum atomic E-state index is 11.0. The van der Waals surface area contributed by atoms with Crippen LogP contribution in [0.1, 0.15) is 23.1 Å². The van der Waals surface area contributed by atoms with E-state index in [-0.39, 0.29) is 5.97 Å². The van der Waals surface area contributed by atoms with Gasteiger partial charge in [-0.1, -0.05) is 42.0 Å². The molecule has 26 heavy (non-hydrogen) atoms. The number of rotatable bonds is 4. The number of nitrogens with zero attached hydrogens (tertiary/aromatic N) is 2. The zero-order chi connectivity index (χ0) is 18.5. The number of ether oxygens (including phenoxy) is 1. The number of benzene rings is 2. The Morgan fingerprint density at radius 1 is 1.15 bits per heavy atom. The summed E-state index contributed by atoms with van der Waals surface area (Å²) in [6.45, 7) is 3.40.